The van der Waals surface area contributed by atoms with Crippen molar-refractivity contribution in [3.05, 3.63) is 70.0 Å². The number of halogens is 2. The molecule has 3 heteroatoms. The van der Waals surface area contributed by atoms with Gasteiger partial charge in [0.2, 0.25) is 0 Å². The largest absolute Gasteiger partial charge is 0.312 e. The fourth-order valence-corrected chi connectivity index (χ4v) is 2.09. The molecule has 2 rings (SSSR count). The lowest BCUT2D eigenvalue weighted by Crippen LogP contribution is -2.17. The first kappa shape index (κ1) is 14.0. The number of hydrogen-bond acceptors (Lipinski definition) is 1. The first-order valence-corrected chi connectivity index (χ1v) is 6.73. The van der Waals surface area contributed by atoms with Crippen LogP contribution in [0.5, 0.6) is 0 Å². The molecule has 2 aromatic rings. The Morgan fingerprint density at radius 1 is 1.11 bits per heavy atom. The zero-order valence-electron chi connectivity index (χ0n) is 10.9. The monoisotopic (exact) mass is 277 g/mol. The maximum absolute atomic E-state index is 13.0. The Morgan fingerprint density at radius 3 is 2.53 bits per heavy atom. The second-order valence-corrected chi connectivity index (χ2v) is 5.06. The highest BCUT2D eigenvalue weighted by molar-refractivity contribution is 6.30. The minimum absolute atomic E-state index is 0.178. The average molecular weight is 278 g/mol. The normalized spacial score (nSPS) is 10.7. The highest BCUT2D eigenvalue weighted by Gasteiger charge is 2.00. The molecule has 0 aliphatic carbocycles. The van der Waals surface area contributed by atoms with Gasteiger partial charge in [0, 0.05) is 11.6 Å². The summed E-state index contributed by atoms with van der Waals surface area (Å²) in [4.78, 5) is 0. The Kier molecular flexibility index (Phi) is 4.94. The van der Waals surface area contributed by atoms with Gasteiger partial charge in [-0.15, -0.1) is 0 Å². The van der Waals surface area contributed by atoms with E-state index in [0.717, 1.165) is 35.7 Å². The van der Waals surface area contributed by atoms with Gasteiger partial charge < -0.3 is 5.32 Å². The molecule has 100 valence electrons. The molecule has 0 unspecified atom stereocenters. The number of hydrogen-bond donors (Lipinski definition) is 1. The Labute approximate surface area is 118 Å². The van der Waals surface area contributed by atoms with Crippen LogP contribution < -0.4 is 5.32 Å². The molecule has 2 aromatic carbocycles. The van der Waals surface area contributed by atoms with E-state index in [2.05, 4.69) is 5.32 Å². The van der Waals surface area contributed by atoms with Gasteiger partial charge in [-0.1, -0.05) is 29.8 Å². The standard InChI is InChI=1S/C16H17ClFN/c1-12-10-16(18)7-4-14(12)11-19-9-8-13-2-5-15(17)6-3-13/h2-7,10,19H,8-9,11H2,1H3. The number of benzene rings is 2. The van der Waals surface area contributed by atoms with Gasteiger partial charge in [0.1, 0.15) is 5.82 Å². The van der Waals surface area contributed by atoms with Gasteiger partial charge in [0.15, 0.2) is 0 Å². The van der Waals surface area contributed by atoms with Crippen molar-refractivity contribution in [2.75, 3.05) is 6.54 Å². The van der Waals surface area contributed by atoms with Crippen LogP contribution in [0, 0.1) is 12.7 Å². The lowest BCUT2D eigenvalue weighted by atomic mass is 10.1. The molecule has 0 saturated carbocycles. The summed E-state index contributed by atoms with van der Waals surface area (Å²) in [5, 5.41) is 4.13. The van der Waals surface area contributed by atoms with E-state index in [-0.39, 0.29) is 5.82 Å². The van der Waals surface area contributed by atoms with E-state index >= 15 is 0 Å². The second kappa shape index (κ2) is 6.69. The third kappa shape index (κ3) is 4.34. The molecule has 1 nitrogen and oxygen atoms in total. The van der Waals surface area contributed by atoms with Crippen molar-refractivity contribution in [2.45, 2.75) is 19.9 Å². The minimum atomic E-state index is -0.178. The van der Waals surface area contributed by atoms with Crippen molar-refractivity contribution in [1.29, 1.82) is 0 Å². The summed E-state index contributed by atoms with van der Waals surface area (Å²) >= 11 is 5.84. The van der Waals surface area contributed by atoms with Crippen molar-refractivity contribution in [3.8, 4) is 0 Å². The summed E-state index contributed by atoms with van der Waals surface area (Å²) in [6.07, 6.45) is 0.956. The fraction of sp³-hybridized carbons (Fsp3) is 0.250. The van der Waals surface area contributed by atoms with Crippen LogP contribution in [-0.2, 0) is 13.0 Å². The summed E-state index contributed by atoms with van der Waals surface area (Å²) < 4.78 is 13.0. The van der Waals surface area contributed by atoms with E-state index in [1.807, 2.05) is 37.3 Å². The van der Waals surface area contributed by atoms with Gasteiger partial charge in [0.05, 0.1) is 0 Å². The summed E-state index contributed by atoms with van der Waals surface area (Å²) in [7, 11) is 0. The Bertz CT molecular complexity index is 537. The summed E-state index contributed by atoms with van der Waals surface area (Å²) in [5.41, 5.74) is 3.38. The zero-order chi connectivity index (χ0) is 13.7. The lowest BCUT2D eigenvalue weighted by molar-refractivity contribution is 0.623. The summed E-state index contributed by atoms with van der Waals surface area (Å²) in [6.45, 7) is 3.58. The molecule has 0 radical (unpaired) electrons. The minimum Gasteiger partial charge on any atom is -0.312 e. The van der Waals surface area contributed by atoms with Gasteiger partial charge in [-0.05, 0) is 60.8 Å². The van der Waals surface area contributed by atoms with Gasteiger partial charge in [-0.25, -0.2) is 4.39 Å². The zero-order valence-corrected chi connectivity index (χ0v) is 11.7. The van der Waals surface area contributed by atoms with Crippen LogP contribution in [0.1, 0.15) is 16.7 Å². The predicted octanol–water partition coefficient (Wildman–Crippen LogP) is 4.12. The van der Waals surface area contributed by atoms with E-state index in [4.69, 9.17) is 11.6 Å². The van der Waals surface area contributed by atoms with Crippen molar-refractivity contribution >= 4 is 11.6 Å². The molecular formula is C16H17ClFN. The topological polar surface area (TPSA) is 12.0 Å². The highest BCUT2D eigenvalue weighted by atomic mass is 35.5. The Balaban J connectivity index is 1.79. The van der Waals surface area contributed by atoms with Crippen LogP contribution in [0.4, 0.5) is 4.39 Å². The van der Waals surface area contributed by atoms with Gasteiger partial charge in [-0.2, -0.15) is 0 Å². The second-order valence-electron chi connectivity index (χ2n) is 4.62. The van der Waals surface area contributed by atoms with E-state index in [9.17, 15) is 4.39 Å². The molecule has 0 aliphatic rings. The molecule has 0 heterocycles. The molecule has 0 bridgehead atoms. The van der Waals surface area contributed by atoms with Gasteiger partial charge in [0.25, 0.3) is 0 Å². The van der Waals surface area contributed by atoms with Crippen LogP contribution in [0.15, 0.2) is 42.5 Å². The van der Waals surface area contributed by atoms with Crippen molar-refractivity contribution < 1.29 is 4.39 Å². The van der Waals surface area contributed by atoms with Gasteiger partial charge >= 0.3 is 0 Å². The van der Waals surface area contributed by atoms with Crippen molar-refractivity contribution in [3.63, 3.8) is 0 Å². The van der Waals surface area contributed by atoms with E-state index in [0.29, 0.717) is 0 Å². The van der Waals surface area contributed by atoms with Crippen LogP contribution in [0.3, 0.4) is 0 Å². The quantitative estimate of drug-likeness (QED) is 0.811. The molecule has 0 aliphatic heterocycles. The fourth-order valence-electron chi connectivity index (χ4n) is 1.96. The van der Waals surface area contributed by atoms with Gasteiger partial charge in [-0.3, -0.25) is 0 Å². The molecule has 1 N–H and O–H groups in total. The van der Waals surface area contributed by atoms with Crippen LogP contribution in [0.2, 0.25) is 5.02 Å². The van der Waals surface area contributed by atoms with Crippen LogP contribution in [0.25, 0.3) is 0 Å². The Morgan fingerprint density at radius 2 is 1.84 bits per heavy atom. The maximum Gasteiger partial charge on any atom is 0.123 e. The molecule has 0 saturated heterocycles. The average Bonchev–Trinajstić information content (AvgIpc) is 2.39. The predicted molar refractivity (Wildman–Crippen MR) is 78.0 cm³/mol. The van der Waals surface area contributed by atoms with Crippen molar-refractivity contribution in [1.82, 2.24) is 5.32 Å². The first-order valence-electron chi connectivity index (χ1n) is 6.35. The molecule has 0 aromatic heterocycles. The SMILES string of the molecule is Cc1cc(F)ccc1CNCCc1ccc(Cl)cc1. The lowest BCUT2D eigenvalue weighted by Gasteiger charge is -2.08. The molecule has 0 amide bonds. The molecule has 19 heavy (non-hydrogen) atoms. The van der Waals surface area contributed by atoms with Crippen molar-refractivity contribution in [2.24, 2.45) is 0 Å². The first-order chi connectivity index (χ1) is 9.15. The Hall–Kier alpha value is -1.38. The van der Waals surface area contributed by atoms with E-state index in [1.54, 1.807) is 6.07 Å². The van der Waals surface area contributed by atoms with Crippen LogP contribution in [-0.4, -0.2) is 6.54 Å². The molecule has 0 fully saturated rings. The maximum atomic E-state index is 13.0. The number of nitrogens with one attached hydrogen (secondary N) is 1. The molecular weight excluding hydrogens is 261 g/mol. The summed E-state index contributed by atoms with van der Waals surface area (Å²) in [6, 6.07) is 12.8. The highest BCUT2D eigenvalue weighted by Crippen LogP contribution is 2.11. The summed E-state index contributed by atoms with van der Waals surface area (Å²) in [5.74, 6) is -0.178. The molecule has 0 spiro atoms. The smallest absolute Gasteiger partial charge is 0.123 e. The number of rotatable bonds is 5. The number of aryl methyl sites for hydroxylation is 1. The molecule has 0 atom stereocenters. The van der Waals surface area contributed by atoms with Crippen LogP contribution >= 0.6 is 11.6 Å². The third-order valence-electron chi connectivity index (χ3n) is 3.12. The van der Waals surface area contributed by atoms with E-state index in [1.165, 1.54) is 11.6 Å². The van der Waals surface area contributed by atoms with E-state index < -0.39 is 0 Å². The third-order valence-corrected chi connectivity index (χ3v) is 3.38.